The van der Waals surface area contributed by atoms with Gasteiger partial charge < -0.3 is 9.15 Å². The first-order valence-electron chi connectivity index (χ1n) is 7.99. The molecule has 2 aromatic heterocycles. The van der Waals surface area contributed by atoms with Crippen molar-refractivity contribution in [3.63, 3.8) is 0 Å². The lowest BCUT2D eigenvalue weighted by Crippen LogP contribution is -2.17. The predicted molar refractivity (Wildman–Crippen MR) is 84.4 cm³/mol. The molecule has 3 rings (SSSR count). The summed E-state index contributed by atoms with van der Waals surface area (Å²) < 4.78 is 13.7. The molecule has 0 amide bonds. The molecule has 1 saturated heterocycles. The van der Waals surface area contributed by atoms with E-state index in [0.717, 1.165) is 44.1 Å². The van der Waals surface area contributed by atoms with Crippen LogP contribution < -0.4 is 0 Å². The Morgan fingerprint density at radius 1 is 1.32 bits per heavy atom. The Kier molecular flexibility index (Phi) is 4.64. The topological polar surface area (TPSA) is 43.4 Å². The van der Waals surface area contributed by atoms with Crippen molar-refractivity contribution in [3.05, 3.63) is 41.1 Å². The lowest BCUT2D eigenvalue weighted by atomic mass is 10.1. The smallest absolute Gasteiger partial charge is 0.133 e. The third kappa shape index (κ3) is 3.42. The van der Waals surface area contributed by atoms with E-state index in [9.17, 15) is 0 Å². The second kappa shape index (κ2) is 6.67. The molecule has 1 fully saturated rings. The summed E-state index contributed by atoms with van der Waals surface area (Å²) in [5, 5.41) is 4.29. The molecule has 0 saturated carbocycles. The Hall–Kier alpha value is -1.59. The van der Waals surface area contributed by atoms with Crippen LogP contribution in [0.25, 0.3) is 0 Å². The molecule has 1 aliphatic heterocycles. The molecular formula is C17H25N3O2. The minimum atomic E-state index is 0.147. The Balaban J connectivity index is 1.58. The van der Waals surface area contributed by atoms with Gasteiger partial charge in [-0.2, -0.15) is 5.10 Å². The van der Waals surface area contributed by atoms with Crippen LogP contribution in [0.4, 0.5) is 0 Å². The molecule has 5 nitrogen and oxygen atoms in total. The van der Waals surface area contributed by atoms with Gasteiger partial charge in [-0.15, -0.1) is 0 Å². The van der Waals surface area contributed by atoms with Gasteiger partial charge in [0.25, 0.3) is 0 Å². The molecule has 5 heteroatoms. The highest BCUT2D eigenvalue weighted by molar-refractivity contribution is 5.16. The predicted octanol–water partition coefficient (Wildman–Crippen LogP) is 3.20. The fourth-order valence-corrected chi connectivity index (χ4v) is 2.93. The molecule has 120 valence electrons. The molecule has 0 aromatic carbocycles. The highest BCUT2D eigenvalue weighted by atomic mass is 16.5. The maximum Gasteiger partial charge on any atom is 0.133 e. The first kappa shape index (κ1) is 15.3. The molecule has 0 aliphatic carbocycles. The normalized spacial score (nSPS) is 19.0. The van der Waals surface area contributed by atoms with Crippen LogP contribution >= 0.6 is 0 Å². The van der Waals surface area contributed by atoms with E-state index in [1.165, 1.54) is 17.7 Å². The summed E-state index contributed by atoms with van der Waals surface area (Å²) in [4.78, 5) is 2.24. The van der Waals surface area contributed by atoms with Crippen LogP contribution in [-0.4, -0.2) is 28.3 Å². The van der Waals surface area contributed by atoms with E-state index in [-0.39, 0.29) is 6.10 Å². The minimum absolute atomic E-state index is 0.147. The van der Waals surface area contributed by atoms with Crippen molar-refractivity contribution in [2.24, 2.45) is 7.05 Å². The summed E-state index contributed by atoms with van der Waals surface area (Å²) in [6, 6.07) is 4.13. The van der Waals surface area contributed by atoms with Gasteiger partial charge in [0.15, 0.2) is 0 Å². The molecule has 1 aliphatic rings. The number of furan rings is 1. The van der Waals surface area contributed by atoms with E-state index < -0.39 is 0 Å². The SMILES string of the molecule is Cc1c(CN(C)Cc2ccc(C3CCCCO3)o2)cnn1C. The first-order chi connectivity index (χ1) is 10.6. The van der Waals surface area contributed by atoms with Gasteiger partial charge in [-0.05, 0) is 45.4 Å². The zero-order chi connectivity index (χ0) is 15.5. The van der Waals surface area contributed by atoms with Crippen LogP contribution in [0.2, 0.25) is 0 Å². The lowest BCUT2D eigenvalue weighted by Gasteiger charge is -2.20. The molecule has 0 bridgehead atoms. The molecule has 1 unspecified atom stereocenters. The number of aromatic nitrogens is 2. The maximum atomic E-state index is 5.98. The summed E-state index contributed by atoms with van der Waals surface area (Å²) in [7, 11) is 4.08. The van der Waals surface area contributed by atoms with Crippen LogP contribution in [0, 0.1) is 6.92 Å². The molecule has 22 heavy (non-hydrogen) atoms. The Bertz CT molecular complexity index is 611. The standard InChI is InChI=1S/C17H25N3O2/c1-13-14(10-18-20(13)3)11-19(2)12-15-7-8-17(22-15)16-6-4-5-9-21-16/h7-8,10,16H,4-6,9,11-12H2,1-3H3. The average molecular weight is 303 g/mol. The first-order valence-corrected chi connectivity index (χ1v) is 7.99. The van der Waals surface area contributed by atoms with Gasteiger partial charge in [-0.1, -0.05) is 0 Å². The van der Waals surface area contributed by atoms with E-state index in [0.29, 0.717) is 0 Å². The number of aryl methyl sites for hydroxylation is 1. The summed E-state index contributed by atoms with van der Waals surface area (Å²) in [5.74, 6) is 1.97. The quantitative estimate of drug-likeness (QED) is 0.851. The molecule has 1 atom stereocenters. The van der Waals surface area contributed by atoms with Crippen molar-refractivity contribution in [2.45, 2.75) is 45.4 Å². The monoisotopic (exact) mass is 303 g/mol. The zero-order valence-corrected chi connectivity index (χ0v) is 13.7. The van der Waals surface area contributed by atoms with E-state index in [4.69, 9.17) is 9.15 Å². The average Bonchev–Trinajstić information content (AvgIpc) is 3.10. The molecule has 0 N–H and O–H groups in total. The van der Waals surface area contributed by atoms with Crippen LogP contribution in [0.3, 0.4) is 0 Å². The summed E-state index contributed by atoms with van der Waals surface area (Å²) in [5.41, 5.74) is 2.47. The Morgan fingerprint density at radius 3 is 2.86 bits per heavy atom. The molecule has 0 spiro atoms. The Labute approximate surface area is 131 Å². The zero-order valence-electron chi connectivity index (χ0n) is 13.7. The van der Waals surface area contributed by atoms with Crippen LogP contribution in [0.5, 0.6) is 0 Å². The van der Waals surface area contributed by atoms with Crippen LogP contribution in [-0.2, 0) is 24.9 Å². The third-order valence-electron chi connectivity index (χ3n) is 4.38. The van der Waals surface area contributed by atoms with Gasteiger partial charge in [-0.3, -0.25) is 9.58 Å². The number of hydrogen-bond donors (Lipinski definition) is 0. The van der Waals surface area contributed by atoms with Crippen LogP contribution in [0.15, 0.2) is 22.7 Å². The van der Waals surface area contributed by atoms with Crippen molar-refractivity contribution in [1.29, 1.82) is 0 Å². The maximum absolute atomic E-state index is 5.98. The van der Waals surface area contributed by atoms with Crippen molar-refractivity contribution < 1.29 is 9.15 Å². The van der Waals surface area contributed by atoms with Crippen molar-refractivity contribution in [1.82, 2.24) is 14.7 Å². The molecule has 2 aromatic rings. The van der Waals surface area contributed by atoms with Crippen LogP contribution in [0.1, 0.15) is 48.1 Å². The van der Waals surface area contributed by atoms with Crippen molar-refractivity contribution >= 4 is 0 Å². The molecular weight excluding hydrogens is 278 g/mol. The highest BCUT2D eigenvalue weighted by Crippen LogP contribution is 2.29. The van der Waals surface area contributed by atoms with Crippen molar-refractivity contribution in [3.8, 4) is 0 Å². The van der Waals surface area contributed by atoms with Crippen molar-refractivity contribution in [2.75, 3.05) is 13.7 Å². The number of ether oxygens (including phenoxy) is 1. The van der Waals surface area contributed by atoms with Gasteiger partial charge >= 0.3 is 0 Å². The minimum Gasteiger partial charge on any atom is -0.462 e. The molecule has 3 heterocycles. The summed E-state index contributed by atoms with van der Waals surface area (Å²) >= 11 is 0. The highest BCUT2D eigenvalue weighted by Gasteiger charge is 2.19. The van der Waals surface area contributed by atoms with Gasteiger partial charge in [0.05, 0.1) is 12.7 Å². The second-order valence-corrected chi connectivity index (χ2v) is 6.21. The fraction of sp³-hybridized carbons (Fsp3) is 0.588. The van der Waals surface area contributed by atoms with Gasteiger partial charge in [0.2, 0.25) is 0 Å². The van der Waals surface area contributed by atoms with E-state index in [1.807, 2.05) is 17.9 Å². The van der Waals surface area contributed by atoms with E-state index in [1.54, 1.807) is 0 Å². The third-order valence-corrected chi connectivity index (χ3v) is 4.38. The van der Waals surface area contributed by atoms with Gasteiger partial charge in [0.1, 0.15) is 17.6 Å². The van der Waals surface area contributed by atoms with Gasteiger partial charge in [-0.25, -0.2) is 0 Å². The lowest BCUT2D eigenvalue weighted by molar-refractivity contribution is 0.000907. The van der Waals surface area contributed by atoms with E-state index >= 15 is 0 Å². The number of nitrogens with zero attached hydrogens (tertiary/aromatic N) is 3. The number of hydrogen-bond acceptors (Lipinski definition) is 4. The second-order valence-electron chi connectivity index (χ2n) is 6.21. The largest absolute Gasteiger partial charge is 0.462 e. The fourth-order valence-electron chi connectivity index (χ4n) is 2.93. The summed E-state index contributed by atoms with van der Waals surface area (Å²) in [6.45, 7) is 4.61. The van der Waals surface area contributed by atoms with E-state index in [2.05, 4.69) is 36.1 Å². The molecule has 0 radical (unpaired) electrons. The Morgan fingerprint density at radius 2 is 2.18 bits per heavy atom. The van der Waals surface area contributed by atoms with Gasteiger partial charge in [0, 0.05) is 31.5 Å². The summed E-state index contributed by atoms with van der Waals surface area (Å²) in [6.07, 6.45) is 5.54. The number of rotatable bonds is 5.